The van der Waals surface area contributed by atoms with Crippen molar-refractivity contribution in [3.8, 4) is 5.75 Å². The molecule has 0 spiro atoms. The molecule has 1 heterocycles. The Morgan fingerprint density at radius 2 is 2.00 bits per heavy atom. The van der Waals surface area contributed by atoms with Gasteiger partial charge in [-0.05, 0) is 30.7 Å². The minimum atomic E-state index is -0.0554. The molecule has 0 saturated carbocycles. The van der Waals surface area contributed by atoms with Crippen molar-refractivity contribution in [2.24, 2.45) is 5.73 Å². The van der Waals surface area contributed by atoms with E-state index >= 15 is 0 Å². The highest BCUT2D eigenvalue weighted by Crippen LogP contribution is 2.17. The second-order valence-corrected chi connectivity index (χ2v) is 4.06. The minimum Gasteiger partial charge on any atom is -0.497 e. The lowest BCUT2D eigenvalue weighted by molar-refractivity contribution is 0.414. The van der Waals surface area contributed by atoms with E-state index in [1.165, 1.54) is 0 Å². The maximum Gasteiger partial charge on any atom is 0.118 e. The Balaban J connectivity index is 2.06. The summed E-state index contributed by atoms with van der Waals surface area (Å²) in [6.45, 7) is 2.65. The van der Waals surface area contributed by atoms with Gasteiger partial charge in [-0.3, -0.25) is 4.68 Å². The van der Waals surface area contributed by atoms with Gasteiger partial charge in [0.05, 0.1) is 19.3 Å². The molecule has 4 heteroatoms. The molecule has 17 heavy (non-hydrogen) atoms. The highest BCUT2D eigenvalue weighted by molar-refractivity contribution is 5.28. The quantitative estimate of drug-likeness (QED) is 0.874. The number of methoxy groups -OCH3 is 1. The summed E-state index contributed by atoms with van der Waals surface area (Å²) in [5.74, 6) is 0.843. The van der Waals surface area contributed by atoms with Gasteiger partial charge in [-0.2, -0.15) is 5.10 Å². The van der Waals surface area contributed by atoms with Crippen molar-refractivity contribution in [1.82, 2.24) is 9.78 Å². The number of benzene rings is 1. The zero-order chi connectivity index (χ0) is 12.3. The highest BCUT2D eigenvalue weighted by Gasteiger charge is 2.07. The Bertz CT molecular complexity index is 476. The van der Waals surface area contributed by atoms with Crippen LogP contribution in [0.2, 0.25) is 0 Å². The molecular formula is C13H17N3O. The number of ether oxygens (including phenoxy) is 1. The van der Waals surface area contributed by atoms with Crippen molar-refractivity contribution in [2.75, 3.05) is 7.11 Å². The molecule has 0 aliphatic carbocycles. The Hall–Kier alpha value is -1.81. The predicted molar refractivity (Wildman–Crippen MR) is 66.9 cm³/mol. The lowest BCUT2D eigenvalue weighted by Gasteiger charge is -2.12. The second kappa shape index (κ2) is 5.01. The van der Waals surface area contributed by atoms with Crippen molar-refractivity contribution < 1.29 is 4.74 Å². The van der Waals surface area contributed by atoms with E-state index in [2.05, 4.69) is 5.10 Å². The average Bonchev–Trinajstić information content (AvgIpc) is 2.75. The van der Waals surface area contributed by atoms with Gasteiger partial charge < -0.3 is 10.5 Å². The van der Waals surface area contributed by atoms with Crippen LogP contribution in [-0.4, -0.2) is 16.9 Å². The monoisotopic (exact) mass is 231 g/mol. The fourth-order valence-corrected chi connectivity index (χ4v) is 1.72. The highest BCUT2D eigenvalue weighted by atomic mass is 16.5. The fraction of sp³-hybridized carbons (Fsp3) is 0.308. The molecule has 1 aromatic carbocycles. The normalized spacial score (nSPS) is 12.4. The Morgan fingerprint density at radius 1 is 1.29 bits per heavy atom. The summed E-state index contributed by atoms with van der Waals surface area (Å²) < 4.78 is 6.98. The van der Waals surface area contributed by atoms with Gasteiger partial charge in [0, 0.05) is 12.2 Å². The maximum atomic E-state index is 6.13. The standard InChI is InChI=1S/C13H17N3O/c1-10-7-8-16(15-10)9-13(14)11-3-5-12(17-2)6-4-11/h3-8,13H,9,14H2,1-2H3. The van der Waals surface area contributed by atoms with E-state index in [0.29, 0.717) is 6.54 Å². The zero-order valence-electron chi connectivity index (χ0n) is 10.1. The molecule has 1 atom stereocenters. The topological polar surface area (TPSA) is 53.1 Å². The number of aryl methyl sites for hydroxylation is 1. The largest absolute Gasteiger partial charge is 0.497 e. The van der Waals surface area contributed by atoms with Crippen LogP contribution in [0.5, 0.6) is 5.75 Å². The van der Waals surface area contributed by atoms with E-state index in [9.17, 15) is 0 Å². The zero-order valence-corrected chi connectivity index (χ0v) is 10.1. The van der Waals surface area contributed by atoms with Crippen molar-refractivity contribution >= 4 is 0 Å². The lowest BCUT2D eigenvalue weighted by atomic mass is 10.1. The SMILES string of the molecule is COc1ccc(C(N)Cn2ccc(C)n2)cc1. The predicted octanol–water partition coefficient (Wildman–Crippen LogP) is 1.90. The molecular weight excluding hydrogens is 214 g/mol. The maximum absolute atomic E-state index is 6.13. The summed E-state index contributed by atoms with van der Waals surface area (Å²) >= 11 is 0. The Morgan fingerprint density at radius 3 is 2.53 bits per heavy atom. The van der Waals surface area contributed by atoms with Gasteiger partial charge in [-0.15, -0.1) is 0 Å². The van der Waals surface area contributed by atoms with E-state index in [-0.39, 0.29) is 6.04 Å². The van der Waals surface area contributed by atoms with Crippen LogP contribution in [0.25, 0.3) is 0 Å². The van der Waals surface area contributed by atoms with Crippen LogP contribution in [0.1, 0.15) is 17.3 Å². The van der Waals surface area contributed by atoms with Gasteiger partial charge in [-0.1, -0.05) is 12.1 Å². The summed E-state index contributed by atoms with van der Waals surface area (Å²) in [4.78, 5) is 0. The average molecular weight is 231 g/mol. The van der Waals surface area contributed by atoms with E-state index in [4.69, 9.17) is 10.5 Å². The van der Waals surface area contributed by atoms with E-state index in [1.807, 2.05) is 48.1 Å². The van der Waals surface area contributed by atoms with Crippen LogP contribution in [0, 0.1) is 6.92 Å². The molecule has 0 amide bonds. The summed E-state index contributed by atoms with van der Waals surface area (Å²) in [6.07, 6.45) is 1.94. The first-order valence-corrected chi connectivity index (χ1v) is 5.58. The number of hydrogen-bond donors (Lipinski definition) is 1. The summed E-state index contributed by atoms with van der Waals surface area (Å²) in [7, 11) is 1.65. The third kappa shape index (κ3) is 2.85. The van der Waals surface area contributed by atoms with E-state index < -0.39 is 0 Å². The molecule has 1 aromatic heterocycles. The van der Waals surface area contributed by atoms with Crippen LogP contribution in [-0.2, 0) is 6.54 Å². The van der Waals surface area contributed by atoms with Gasteiger partial charge in [-0.25, -0.2) is 0 Å². The molecule has 2 N–H and O–H groups in total. The Kier molecular flexibility index (Phi) is 3.44. The molecule has 4 nitrogen and oxygen atoms in total. The molecule has 0 saturated heterocycles. The van der Waals surface area contributed by atoms with Gasteiger partial charge in [0.25, 0.3) is 0 Å². The summed E-state index contributed by atoms with van der Waals surface area (Å²) in [5, 5.41) is 4.32. The molecule has 90 valence electrons. The van der Waals surface area contributed by atoms with Crippen molar-refractivity contribution in [3.05, 3.63) is 47.8 Å². The second-order valence-electron chi connectivity index (χ2n) is 4.06. The summed E-state index contributed by atoms with van der Waals surface area (Å²) in [6, 6.07) is 9.73. The van der Waals surface area contributed by atoms with Crippen LogP contribution >= 0.6 is 0 Å². The summed E-state index contributed by atoms with van der Waals surface area (Å²) in [5.41, 5.74) is 8.21. The molecule has 0 radical (unpaired) electrons. The van der Waals surface area contributed by atoms with E-state index in [1.54, 1.807) is 7.11 Å². The fourth-order valence-electron chi connectivity index (χ4n) is 1.72. The third-order valence-electron chi connectivity index (χ3n) is 2.70. The first-order valence-electron chi connectivity index (χ1n) is 5.58. The van der Waals surface area contributed by atoms with Gasteiger partial charge in [0.15, 0.2) is 0 Å². The minimum absolute atomic E-state index is 0.0554. The van der Waals surface area contributed by atoms with Crippen LogP contribution in [0.4, 0.5) is 0 Å². The third-order valence-corrected chi connectivity index (χ3v) is 2.70. The van der Waals surface area contributed by atoms with Gasteiger partial charge in [0.1, 0.15) is 5.75 Å². The van der Waals surface area contributed by atoms with Gasteiger partial charge >= 0.3 is 0 Å². The molecule has 2 rings (SSSR count). The number of rotatable bonds is 4. The van der Waals surface area contributed by atoms with Crippen molar-refractivity contribution in [3.63, 3.8) is 0 Å². The van der Waals surface area contributed by atoms with Gasteiger partial charge in [0.2, 0.25) is 0 Å². The van der Waals surface area contributed by atoms with E-state index in [0.717, 1.165) is 17.0 Å². The lowest BCUT2D eigenvalue weighted by Crippen LogP contribution is -2.17. The van der Waals surface area contributed by atoms with Crippen molar-refractivity contribution in [2.45, 2.75) is 19.5 Å². The first kappa shape index (κ1) is 11.7. The number of nitrogens with zero attached hydrogens (tertiary/aromatic N) is 2. The smallest absolute Gasteiger partial charge is 0.118 e. The first-order chi connectivity index (χ1) is 8.19. The molecule has 0 bridgehead atoms. The molecule has 0 fully saturated rings. The Labute approximate surface area is 101 Å². The number of nitrogens with two attached hydrogens (primary N) is 1. The molecule has 0 aliphatic rings. The van der Waals surface area contributed by atoms with Crippen LogP contribution in [0.3, 0.4) is 0 Å². The van der Waals surface area contributed by atoms with Crippen LogP contribution < -0.4 is 10.5 Å². The van der Waals surface area contributed by atoms with Crippen LogP contribution in [0.15, 0.2) is 36.5 Å². The number of aromatic nitrogens is 2. The van der Waals surface area contributed by atoms with Crippen molar-refractivity contribution in [1.29, 1.82) is 0 Å². The molecule has 0 aliphatic heterocycles. The molecule has 1 unspecified atom stereocenters. The molecule has 2 aromatic rings. The number of hydrogen-bond acceptors (Lipinski definition) is 3.